The predicted molar refractivity (Wildman–Crippen MR) is 142 cm³/mol. The Balaban J connectivity index is 1.61. The molecular weight excluding hydrogens is 490 g/mol. The Morgan fingerprint density at radius 3 is 2.43 bits per heavy atom. The van der Waals surface area contributed by atoms with Crippen molar-refractivity contribution in [3.63, 3.8) is 0 Å². The first-order valence-corrected chi connectivity index (χ1v) is 13.7. The van der Waals surface area contributed by atoms with Gasteiger partial charge in [0.15, 0.2) is 15.6 Å². The van der Waals surface area contributed by atoms with Crippen molar-refractivity contribution in [1.82, 2.24) is 4.98 Å². The summed E-state index contributed by atoms with van der Waals surface area (Å²) in [6.07, 6.45) is 1.81. The minimum Gasteiger partial charge on any atom is -0.488 e. The summed E-state index contributed by atoms with van der Waals surface area (Å²) < 4.78 is 35.6. The van der Waals surface area contributed by atoms with Gasteiger partial charge in [0, 0.05) is 17.2 Å². The van der Waals surface area contributed by atoms with E-state index in [4.69, 9.17) is 14.1 Å². The van der Waals surface area contributed by atoms with Gasteiger partial charge in [-0.1, -0.05) is 43.3 Å². The lowest BCUT2D eigenvalue weighted by molar-refractivity contribution is 0.0698. The summed E-state index contributed by atoms with van der Waals surface area (Å²) in [7, 11) is -3.30. The molecule has 8 heteroatoms. The monoisotopic (exact) mass is 515 g/mol. The summed E-state index contributed by atoms with van der Waals surface area (Å²) in [5.41, 5.74) is 4.30. The second-order valence-corrected chi connectivity index (χ2v) is 10.9. The van der Waals surface area contributed by atoms with Crippen LogP contribution in [0.3, 0.4) is 0 Å². The molecular formula is C29H25NO6S. The number of furan rings is 1. The van der Waals surface area contributed by atoms with Crippen molar-refractivity contribution >= 4 is 37.7 Å². The van der Waals surface area contributed by atoms with Crippen molar-refractivity contribution in [1.29, 1.82) is 0 Å². The second-order valence-electron chi connectivity index (χ2n) is 8.92. The molecule has 37 heavy (non-hydrogen) atoms. The maximum Gasteiger partial charge on any atom is 0.336 e. The van der Waals surface area contributed by atoms with Gasteiger partial charge < -0.3 is 14.3 Å². The van der Waals surface area contributed by atoms with Crippen molar-refractivity contribution in [3.8, 4) is 17.2 Å². The molecule has 0 aliphatic carbocycles. The summed E-state index contributed by atoms with van der Waals surface area (Å²) >= 11 is 0. The highest BCUT2D eigenvalue weighted by molar-refractivity contribution is 7.90. The summed E-state index contributed by atoms with van der Waals surface area (Å²) in [4.78, 5) is 17.5. The molecule has 0 unspecified atom stereocenters. The molecule has 2 heterocycles. The van der Waals surface area contributed by atoms with Crippen LogP contribution in [0.2, 0.25) is 0 Å². The molecule has 2 aromatic heterocycles. The Hall–Kier alpha value is -4.17. The van der Waals surface area contributed by atoms with Gasteiger partial charge in [-0.15, -0.1) is 0 Å². The molecule has 1 N–H and O–H groups in total. The lowest BCUT2D eigenvalue weighted by Crippen LogP contribution is -2.05. The van der Waals surface area contributed by atoms with E-state index < -0.39 is 15.8 Å². The van der Waals surface area contributed by atoms with E-state index in [-0.39, 0.29) is 17.1 Å². The van der Waals surface area contributed by atoms with Gasteiger partial charge in [-0.2, -0.15) is 0 Å². The molecule has 0 amide bonds. The summed E-state index contributed by atoms with van der Waals surface area (Å²) in [5, 5.41) is 11.5. The van der Waals surface area contributed by atoms with E-state index in [1.54, 1.807) is 18.2 Å². The number of benzene rings is 3. The fourth-order valence-electron chi connectivity index (χ4n) is 4.47. The summed E-state index contributed by atoms with van der Waals surface area (Å²) in [6, 6.07) is 19.2. The van der Waals surface area contributed by atoms with E-state index >= 15 is 0 Å². The van der Waals surface area contributed by atoms with Crippen molar-refractivity contribution in [2.24, 2.45) is 0 Å². The van der Waals surface area contributed by atoms with Crippen molar-refractivity contribution < 1.29 is 27.5 Å². The quantitative estimate of drug-likeness (QED) is 0.275. The molecule has 0 fully saturated rings. The van der Waals surface area contributed by atoms with Gasteiger partial charge in [-0.3, -0.25) is 0 Å². The van der Waals surface area contributed by atoms with Crippen molar-refractivity contribution in [2.75, 3.05) is 6.26 Å². The zero-order valence-corrected chi connectivity index (χ0v) is 21.4. The fraction of sp³-hybridized carbons (Fsp3) is 0.172. The van der Waals surface area contributed by atoms with Crippen LogP contribution in [-0.2, 0) is 22.9 Å². The van der Waals surface area contributed by atoms with Crippen LogP contribution >= 0.6 is 0 Å². The Kier molecular flexibility index (Phi) is 6.21. The summed E-state index contributed by atoms with van der Waals surface area (Å²) in [5.74, 6) is -0.180. The predicted octanol–water partition coefficient (Wildman–Crippen LogP) is 6.20. The van der Waals surface area contributed by atoms with Crippen LogP contribution in [0.15, 0.2) is 76.0 Å². The van der Waals surface area contributed by atoms with Crippen LogP contribution < -0.4 is 4.74 Å². The van der Waals surface area contributed by atoms with Crippen LogP contribution in [0.25, 0.3) is 33.3 Å². The van der Waals surface area contributed by atoms with Gasteiger partial charge in [0.1, 0.15) is 23.6 Å². The maximum absolute atomic E-state index is 12.4. The minimum absolute atomic E-state index is 0.0672. The number of hydrogen-bond donors (Lipinski definition) is 1. The number of carboxylic acids is 1. The molecule has 0 radical (unpaired) electrons. The zero-order chi connectivity index (χ0) is 26.3. The standard InChI is InChI=1S/C29H25NO6S/c1-4-19-11-14-25(35-16-18-9-12-20(13-10-18)37(3,33)34)26-22(29(31)32)15-23(30-27(19)26)28-17(2)21-7-5-6-8-24(21)36-28/h5-15H,4,16H2,1-3H3,(H,31,32). The van der Waals surface area contributed by atoms with E-state index in [2.05, 4.69) is 0 Å². The Bertz CT molecular complexity index is 1770. The Labute approximate surface area is 214 Å². The zero-order valence-electron chi connectivity index (χ0n) is 20.6. The molecule has 0 bridgehead atoms. The van der Waals surface area contributed by atoms with Crippen molar-refractivity contribution in [3.05, 3.63) is 89.0 Å². The van der Waals surface area contributed by atoms with Gasteiger partial charge in [0.2, 0.25) is 0 Å². The number of carboxylic acid groups (broad SMARTS) is 1. The number of pyridine rings is 1. The van der Waals surface area contributed by atoms with Gasteiger partial charge in [-0.25, -0.2) is 18.2 Å². The van der Waals surface area contributed by atoms with Gasteiger partial charge in [0.25, 0.3) is 0 Å². The van der Waals surface area contributed by atoms with E-state index in [0.717, 1.165) is 28.3 Å². The molecule has 188 valence electrons. The minimum atomic E-state index is -3.30. The number of hydrogen-bond acceptors (Lipinski definition) is 6. The number of aryl methyl sites for hydroxylation is 2. The van der Waals surface area contributed by atoms with Crippen molar-refractivity contribution in [2.45, 2.75) is 31.8 Å². The Morgan fingerprint density at radius 1 is 1.05 bits per heavy atom. The smallest absolute Gasteiger partial charge is 0.336 e. The van der Waals surface area contributed by atoms with E-state index in [9.17, 15) is 18.3 Å². The maximum atomic E-state index is 12.4. The number of sulfone groups is 1. The molecule has 0 aliphatic heterocycles. The van der Waals surface area contributed by atoms with Crippen LogP contribution in [0.1, 0.15) is 34.0 Å². The molecule has 7 nitrogen and oxygen atoms in total. The molecule has 5 aromatic rings. The molecule has 0 spiro atoms. The highest BCUT2D eigenvalue weighted by Gasteiger charge is 2.22. The molecule has 0 aliphatic rings. The molecule has 0 atom stereocenters. The number of para-hydroxylation sites is 1. The topological polar surface area (TPSA) is 107 Å². The number of carbonyl (C=O) groups is 1. The number of aromatic nitrogens is 1. The highest BCUT2D eigenvalue weighted by atomic mass is 32.2. The fourth-order valence-corrected chi connectivity index (χ4v) is 5.10. The Morgan fingerprint density at radius 2 is 1.78 bits per heavy atom. The number of ether oxygens (including phenoxy) is 1. The first kappa shape index (κ1) is 24.5. The molecule has 0 saturated carbocycles. The third kappa shape index (κ3) is 4.56. The molecule has 3 aromatic carbocycles. The number of nitrogens with zero attached hydrogens (tertiary/aromatic N) is 1. The normalized spacial score (nSPS) is 11.8. The molecule has 5 rings (SSSR count). The first-order valence-electron chi connectivity index (χ1n) is 11.8. The third-order valence-electron chi connectivity index (χ3n) is 6.44. The SMILES string of the molecule is CCc1ccc(OCc2ccc(S(C)(=O)=O)cc2)c2c(C(=O)O)cc(-c3oc4ccccc4c3C)nc12. The van der Waals surface area contributed by atoms with Gasteiger partial charge in [-0.05, 0) is 54.8 Å². The van der Waals surface area contributed by atoms with E-state index in [1.165, 1.54) is 18.2 Å². The largest absolute Gasteiger partial charge is 0.488 e. The lowest BCUT2D eigenvalue weighted by atomic mass is 10.00. The van der Waals surface area contributed by atoms with Gasteiger partial charge >= 0.3 is 5.97 Å². The summed E-state index contributed by atoms with van der Waals surface area (Å²) in [6.45, 7) is 4.05. The highest BCUT2D eigenvalue weighted by Crippen LogP contribution is 2.37. The second kappa shape index (κ2) is 9.37. The van der Waals surface area contributed by atoms with Crippen LogP contribution in [0.4, 0.5) is 0 Å². The first-order chi connectivity index (χ1) is 17.7. The van der Waals surface area contributed by atoms with Crippen LogP contribution in [0, 0.1) is 6.92 Å². The lowest BCUT2D eigenvalue weighted by Gasteiger charge is -2.15. The number of aromatic carboxylic acids is 1. The van der Waals surface area contributed by atoms with Crippen LogP contribution in [0.5, 0.6) is 5.75 Å². The van der Waals surface area contributed by atoms with Gasteiger partial charge in [0.05, 0.1) is 21.4 Å². The van der Waals surface area contributed by atoms with E-state index in [1.807, 2.05) is 44.2 Å². The van der Waals surface area contributed by atoms with Crippen LogP contribution in [-0.4, -0.2) is 30.7 Å². The van der Waals surface area contributed by atoms with E-state index in [0.29, 0.717) is 40.1 Å². The number of fused-ring (bicyclic) bond motifs is 2. The number of rotatable bonds is 7. The molecule has 0 saturated heterocycles. The average molecular weight is 516 g/mol. The third-order valence-corrected chi connectivity index (χ3v) is 7.57. The average Bonchev–Trinajstić information content (AvgIpc) is 3.22.